The number of nitrogens with two attached hydrogens (primary N) is 1. The van der Waals surface area contributed by atoms with Crippen LogP contribution in [0.5, 0.6) is 0 Å². The number of carbonyl (C=O) groups is 2. The first-order valence-electron chi connectivity index (χ1n) is 7.84. The zero-order valence-electron chi connectivity index (χ0n) is 14.0. The summed E-state index contributed by atoms with van der Waals surface area (Å²) in [5, 5.41) is 5.70. The van der Waals surface area contributed by atoms with Gasteiger partial charge in [-0.3, -0.25) is 9.59 Å². The lowest BCUT2D eigenvalue weighted by molar-refractivity contribution is -0.125. The van der Waals surface area contributed by atoms with E-state index >= 15 is 0 Å². The molecule has 0 fully saturated rings. The number of benzene rings is 1. The fourth-order valence-corrected chi connectivity index (χ4v) is 2.37. The van der Waals surface area contributed by atoms with Gasteiger partial charge in [0.2, 0.25) is 5.91 Å². The van der Waals surface area contributed by atoms with Gasteiger partial charge in [-0.2, -0.15) is 0 Å². The van der Waals surface area contributed by atoms with Gasteiger partial charge in [0.05, 0.1) is 5.41 Å². The van der Waals surface area contributed by atoms with Crippen LogP contribution in [0.2, 0.25) is 0 Å². The Morgan fingerprint density at radius 3 is 2.32 bits per heavy atom. The highest BCUT2D eigenvalue weighted by atomic mass is 16.2. The minimum Gasteiger partial charge on any atom is -0.352 e. The minimum absolute atomic E-state index is 0.0869. The number of carbonyl (C=O) groups excluding carboxylic acids is 2. The number of hydrogen-bond donors (Lipinski definition) is 3. The average molecular weight is 305 g/mol. The summed E-state index contributed by atoms with van der Waals surface area (Å²) in [4.78, 5) is 24.5. The van der Waals surface area contributed by atoms with Gasteiger partial charge in [-0.05, 0) is 44.4 Å². The van der Waals surface area contributed by atoms with Gasteiger partial charge in [0.1, 0.15) is 0 Å². The van der Waals surface area contributed by atoms with Crippen molar-refractivity contribution in [2.45, 2.75) is 40.5 Å². The van der Waals surface area contributed by atoms with Crippen molar-refractivity contribution in [3.05, 3.63) is 29.3 Å². The molecule has 22 heavy (non-hydrogen) atoms. The van der Waals surface area contributed by atoms with E-state index in [1.165, 1.54) is 0 Å². The molecule has 0 aliphatic heterocycles. The highest BCUT2D eigenvalue weighted by molar-refractivity contribution is 5.99. The molecule has 0 aromatic heterocycles. The second kappa shape index (κ2) is 7.94. The molecule has 0 atom stereocenters. The van der Waals surface area contributed by atoms with Crippen molar-refractivity contribution in [3.63, 3.8) is 0 Å². The van der Waals surface area contributed by atoms with Crippen molar-refractivity contribution < 1.29 is 9.59 Å². The molecule has 2 amide bonds. The topological polar surface area (TPSA) is 84.2 Å². The van der Waals surface area contributed by atoms with Gasteiger partial charge in [-0.15, -0.1) is 0 Å². The number of aryl methyl sites for hydroxylation is 1. The lowest BCUT2D eigenvalue weighted by atomic mass is 9.81. The van der Waals surface area contributed by atoms with E-state index in [2.05, 4.69) is 10.6 Å². The van der Waals surface area contributed by atoms with Crippen molar-refractivity contribution in [2.24, 2.45) is 11.1 Å². The van der Waals surface area contributed by atoms with Crippen LogP contribution < -0.4 is 16.4 Å². The lowest BCUT2D eigenvalue weighted by Crippen LogP contribution is -2.41. The Morgan fingerprint density at radius 1 is 1.18 bits per heavy atom. The third-order valence-electron chi connectivity index (χ3n) is 4.31. The van der Waals surface area contributed by atoms with E-state index in [1.807, 2.05) is 33.8 Å². The molecule has 0 saturated heterocycles. The molecule has 122 valence electrons. The Balaban J connectivity index is 3.04. The molecule has 0 unspecified atom stereocenters. The van der Waals surface area contributed by atoms with Gasteiger partial charge < -0.3 is 16.4 Å². The Kier molecular flexibility index (Phi) is 6.56. The molecule has 4 N–H and O–H groups in total. The Labute approximate surface area is 132 Å². The first-order valence-corrected chi connectivity index (χ1v) is 7.84. The molecule has 0 radical (unpaired) electrons. The highest BCUT2D eigenvalue weighted by Crippen LogP contribution is 2.28. The smallest absolute Gasteiger partial charge is 0.251 e. The summed E-state index contributed by atoms with van der Waals surface area (Å²) in [7, 11) is 0. The quantitative estimate of drug-likeness (QED) is 0.723. The summed E-state index contributed by atoms with van der Waals surface area (Å²) >= 11 is 0. The van der Waals surface area contributed by atoms with Gasteiger partial charge in [0, 0.05) is 24.3 Å². The van der Waals surface area contributed by atoms with Crippen LogP contribution in [0.25, 0.3) is 0 Å². The monoisotopic (exact) mass is 305 g/mol. The molecule has 0 heterocycles. The molecule has 0 saturated carbocycles. The predicted octanol–water partition coefficient (Wildman–Crippen LogP) is 2.45. The van der Waals surface area contributed by atoms with E-state index in [0.29, 0.717) is 37.2 Å². The van der Waals surface area contributed by atoms with Gasteiger partial charge >= 0.3 is 0 Å². The minimum atomic E-state index is -0.561. The number of anilines is 1. The van der Waals surface area contributed by atoms with Crippen molar-refractivity contribution in [2.75, 3.05) is 18.4 Å². The van der Waals surface area contributed by atoms with Gasteiger partial charge in [-0.25, -0.2) is 0 Å². The van der Waals surface area contributed by atoms with Crippen LogP contribution in [0.15, 0.2) is 18.2 Å². The van der Waals surface area contributed by atoms with Crippen LogP contribution in [-0.4, -0.2) is 24.9 Å². The largest absolute Gasteiger partial charge is 0.352 e. The second-order valence-corrected chi connectivity index (χ2v) is 5.53. The van der Waals surface area contributed by atoms with Crippen LogP contribution >= 0.6 is 0 Å². The fraction of sp³-hybridized carbons (Fsp3) is 0.529. The lowest BCUT2D eigenvalue weighted by Gasteiger charge is -2.29. The molecule has 5 nitrogen and oxygen atoms in total. The van der Waals surface area contributed by atoms with E-state index in [4.69, 9.17) is 5.73 Å². The molecule has 5 heteroatoms. The number of rotatable bonds is 7. The second-order valence-electron chi connectivity index (χ2n) is 5.53. The van der Waals surface area contributed by atoms with E-state index in [9.17, 15) is 9.59 Å². The molecule has 0 aliphatic rings. The Morgan fingerprint density at radius 2 is 1.82 bits per heavy atom. The van der Waals surface area contributed by atoms with Crippen molar-refractivity contribution >= 4 is 17.5 Å². The summed E-state index contributed by atoms with van der Waals surface area (Å²) in [6.07, 6.45) is 1.36. The van der Waals surface area contributed by atoms with Crippen molar-refractivity contribution in [1.29, 1.82) is 0 Å². The summed E-state index contributed by atoms with van der Waals surface area (Å²) in [6.45, 7) is 8.57. The first-order chi connectivity index (χ1) is 10.4. The number of nitrogens with one attached hydrogen (secondary N) is 2. The van der Waals surface area contributed by atoms with Crippen LogP contribution in [0.1, 0.15) is 49.5 Å². The summed E-state index contributed by atoms with van der Waals surface area (Å²) in [5.41, 5.74) is 7.37. The Hall–Kier alpha value is -1.88. The third-order valence-corrected chi connectivity index (χ3v) is 4.31. The van der Waals surface area contributed by atoms with Crippen LogP contribution in [0, 0.1) is 12.3 Å². The van der Waals surface area contributed by atoms with E-state index in [1.54, 1.807) is 12.1 Å². The molecule has 1 rings (SSSR count). The molecule has 1 aromatic rings. The standard InChI is InChI=1S/C17H27N3O2/c1-5-17(6-2,11-18)16(22)20-14-10-13(9-8-12(14)4)15(21)19-7-3/h8-10H,5-7,11,18H2,1-4H3,(H,19,21)(H,20,22). The average Bonchev–Trinajstić information content (AvgIpc) is 2.52. The maximum absolute atomic E-state index is 12.6. The van der Waals surface area contributed by atoms with E-state index in [0.717, 1.165) is 5.56 Å². The van der Waals surface area contributed by atoms with E-state index in [-0.39, 0.29) is 11.8 Å². The molecule has 0 spiro atoms. The Bertz CT molecular complexity index is 528. The zero-order valence-corrected chi connectivity index (χ0v) is 14.0. The van der Waals surface area contributed by atoms with Crippen molar-refractivity contribution in [3.8, 4) is 0 Å². The first kappa shape index (κ1) is 18.2. The molecule has 1 aromatic carbocycles. The van der Waals surface area contributed by atoms with Crippen LogP contribution in [0.3, 0.4) is 0 Å². The maximum atomic E-state index is 12.6. The van der Waals surface area contributed by atoms with Crippen LogP contribution in [0.4, 0.5) is 5.69 Å². The SMILES string of the molecule is CCNC(=O)c1ccc(C)c(NC(=O)C(CC)(CC)CN)c1. The number of amides is 2. The van der Waals surface area contributed by atoms with Gasteiger partial charge in [0.15, 0.2) is 0 Å². The highest BCUT2D eigenvalue weighted by Gasteiger charge is 2.33. The molecule has 0 bridgehead atoms. The predicted molar refractivity (Wildman–Crippen MR) is 89.9 cm³/mol. The molecular weight excluding hydrogens is 278 g/mol. The zero-order chi connectivity index (χ0) is 16.8. The number of hydrogen-bond acceptors (Lipinski definition) is 3. The van der Waals surface area contributed by atoms with Crippen LogP contribution in [-0.2, 0) is 4.79 Å². The third kappa shape index (κ3) is 3.85. The maximum Gasteiger partial charge on any atom is 0.251 e. The molecule has 0 aliphatic carbocycles. The fourth-order valence-electron chi connectivity index (χ4n) is 2.37. The van der Waals surface area contributed by atoms with E-state index < -0.39 is 5.41 Å². The molecular formula is C17H27N3O2. The summed E-state index contributed by atoms with van der Waals surface area (Å²) in [6, 6.07) is 5.30. The normalized spacial score (nSPS) is 11.1. The summed E-state index contributed by atoms with van der Waals surface area (Å²) in [5.74, 6) is -0.231. The van der Waals surface area contributed by atoms with Gasteiger partial charge in [0.25, 0.3) is 5.91 Å². The van der Waals surface area contributed by atoms with Gasteiger partial charge in [-0.1, -0.05) is 19.9 Å². The van der Waals surface area contributed by atoms with Crippen molar-refractivity contribution in [1.82, 2.24) is 5.32 Å². The summed E-state index contributed by atoms with van der Waals surface area (Å²) < 4.78 is 0.